The maximum Gasteiger partial charge on any atom is 0.106 e. The van der Waals surface area contributed by atoms with Crippen molar-refractivity contribution < 1.29 is 0 Å². The van der Waals surface area contributed by atoms with Crippen LogP contribution in [0.1, 0.15) is 12.6 Å². The number of allylic oxidation sites excluding steroid dienone is 2. The van der Waals surface area contributed by atoms with Crippen molar-refractivity contribution in [1.29, 1.82) is 5.41 Å². The van der Waals surface area contributed by atoms with Gasteiger partial charge in [0.2, 0.25) is 0 Å². The third kappa shape index (κ3) is 2.43. The van der Waals surface area contributed by atoms with Gasteiger partial charge in [0, 0.05) is 17.4 Å². The van der Waals surface area contributed by atoms with Gasteiger partial charge in [-0.3, -0.25) is 15.4 Å². The van der Waals surface area contributed by atoms with Crippen molar-refractivity contribution in [3.8, 4) is 0 Å². The molecule has 12 heavy (non-hydrogen) atoms. The lowest BCUT2D eigenvalue weighted by Gasteiger charge is -1.95. The van der Waals surface area contributed by atoms with Gasteiger partial charge in [0.1, 0.15) is 5.69 Å². The van der Waals surface area contributed by atoms with Crippen molar-refractivity contribution in [2.24, 2.45) is 0 Å². The molecule has 0 aromatic carbocycles. The van der Waals surface area contributed by atoms with Crippen LogP contribution in [0.3, 0.4) is 0 Å². The Hall–Kier alpha value is -1.22. The van der Waals surface area contributed by atoms with E-state index in [-0.39, 0.29) is 5.71 Å². The Morgan fingerprint density at radius 3 is 2.83 bits per heavy atom. The van der Waals surface area contributed by atoms with Gasteiger partial charge in [0.05, 0.1) is 11.9 Å². The molecule has 0 aliphatic heterocycles. The molecule has 1 aromatic heterocycles. The standard InChI is InChI=1S/C8H8ClN3/c1-6(9)4-7(10)8-5-11-2-3-12-8/h2-5,10H,1H3/b6-4+,10-7?. The minimum atomic E-state index is 0.274. The maximum absolute atomic E-state index is 7.50. The average molecular weight is 182 g/mol. The van der Waals surface area contributed by atoms with Crippen LogP contribution in [0, 0.1) is 5.41 Å². The molecule has 0 saturated carbocycles. The lowest BCUT2D eigenvalue weighted by molar-refractivity contribution is 1.17. The van der Waals surface area contributed by atoms with Gasteiger partial charge in [-0.05, 0) is 13.0 Å². The lowest BCUT2D eigenvalue weighted by Crippen LogP contribution is -1.98. The summed E-state index contributed by atoms with van der Waals surface area (Å²) in [6, 6.07) is 0. The molecule has 0 radical (unpaired) electrons. The number of halogens is 1. The molecule has 1 N–H and O–H groups in total. The van der Waals surface area contributed by atoms with E-state index in [1.54, 1.807) is 19.3 Å². The topological polar surface area (TPSA) is 49.6 Å². The van der Waals surface area contributed by atoms with Crippen LogP contribution >= 0.6 is 11.6 Å². The zero-order valence-corrected chi connectivity index (χ0v) is 7.34. The summed E-state index contributed by atoms with van der Waals surface area (Å²) in [6.07, 6.45) is 6.17. The quantitative estimate of drug-likeness (QED) is 0.710. The summed E-state index contributed by atoms with van der Waals surface area (Å²) in [4.78, 5) is 7.78. The number of aromatic nitrogens is 2. The van der Waals surface area contributed by atoms with Crippen molar-refractivity contribution in [2.75, 3.05) is 0 Å². The first-order chi connectivity index (χ1) is 5.70. The van der Waals surface area contributed by atoms with Crippen molar-refractivity contribution in [1.82, 2.24) is 9.97 Å². The predicted molar refractivity (Wildman–Crippen MR) is 48.5 cm³/mol. The molecule has 0 aliphatic carbocycles. The van der Waals surface area contributed by atoms with E-state index in [0.29, 0.717) is 10.7 Å². The average Bonchev–Trinajstić information content (AvgIpc) is 2.05. The van der Waals surface area contributed by atoms with Gasteiger partial charge in [-0.15, -0.1) is 0 Å². The van der Waals surface area contributed by atoms with Crippen LogP contribution < -0.4 is 0 Å². The molecule has 1 rings (SSSR count). The molecule has 1 heterocycles. The zero-order chi connectivity index (χ0) is 8.97. The molecule has 0 atom stereocenters. The Labute approximate surface area is 75.6 Å². The summed E-state index contributed by atoms with van der Waals surface area (Å²) < 4.78 is 0. The molecular formula is C8H8ClN3. The summed E-state index contributed by atoms with van der Waals surface area (Å²) in [6.45, 7) is 1.71. The van der Waals surface area contributed by atoms with E-state index in [0.717, 1.165) is 0 Å². The number of nitrogens with one attached hydrogen (secondary N) is 1. The molecule has 3 nitrogen and oxygen atoms in total. The molecule has 0 aliphatic rings. The molecule has 0 saturated heterocycles. The van der Waals surface area contributed by atoms with Crippen molar-refractivity contribution in [3.05, 3.63) is 35.4 Å². The van der Waals surface area contributed by atoms with E-state index in [1.807, 2.05) is 0 Å². The van der Waals surface area contributed by atoms with Crippen LogP contribution in [-0.2, 0) is 0 Å². The normalized spacial score (nSPS) is 11.3. The second-order valence-electron chi connectivity index (χ2n) is 2.24. The van der Waals surface area contributed by atoms with Crippen LogP contribution in [0.5, 0.6) is 0 Å². The first-order valence-electron chi connectivity index (χ1n) is 3.39. The smallest absolute Gasteiger partial charge is 0.106 e. The molecule has 0 bridgehead atoms. The van der Waals surface area contributed by atoms with Gasteiger partial charge < -0.3 is 0 Å². The fourth-order valence-electron chi connectivity index (χ4n) is 0.711. The fraction of sp³-hybridized carbons (Fsp3) is 0.125. The molecule has 0 fully saturated rings. The van der Waals surface area contributed by atoms with Gasteiger partial charge in [-0.2, -0.15) is 0 Å². The molecule has 0 unspecified atom stereocenters. The maximum atomic E-state index is 7.50. The summed E-state index contributed by atoms with van der Waals surface area (Å²) >= 11 is 5.59. The highest BCUT2D eigenvalue weighted by Crippen LogP contribution is 2.01. The van der Waals surface area contributed by atoms with Gasteiger partial charge in [-0.25, -0.2) is 0 Å². The SMILES string of the molecule is C/C(Cl)=C\C(=N)c1cnccn1. The molecule has 1 aromatic rings. The number of nitrogens with zero attached hydrogens (tertiary/aromatic N) is 2. The van der Waals surface area contributed by atoms with Crippen molar-refractivity contribution in [3.63, 3.8) is 0 Å². The Bertz CT molecular complexity index is 301. The molecule has 0 amide bonds. The van der Waals surface area contributed by atoms with Gasteiger partial charge >= 0.3 is 0 Å². The van der Waals surface area contributed by atoms with E-state index >= 15 is 0 Å². The largest absolute Gasteiger partial charge is 0.299 e. The third-order valence-corrected chi connectivity index (χ3v) is 1.29. The molecule has 62 valence electrons. The summed E-state index contributed by atoms with van der Waals surface area (Å²) in [5.41, 5.74) is 0.799. The summed E-state index contributed by atoms with van der Waals surface area (Å²) in [5, 5.41) is 8.06. The monoisotopic (exact) mass is 181 g/mol. The fourth-order valence-corrected chi connectivity index (χ4v) is 0.820. The Morgan fingerprint density at radius 1 is 1.58 bits per heavy atom. The van der Waals surface area contributed by atoms with E-state index < -0.39 is 0 Å². The highest BCUT2D eigenvalue weighted by Gasteiger charge is 1.97. The number of rotatable bonds is 2. The molecular weight excluding hydrogens is 174 g/mol. The highest BCUT2D eigenvalue weighted by molar-refractivity contribution is 6.31. The Kier molecular flexibility index (Phi) is 2.94. The van der Waals surface area contributed by atoms with Gasteiger partial charge in [-0.1, -0.05) is 11.6 Å². The van der Waals surface area contributed by atoms with Gasteiger partial charge in [0.15, 0.2) is 0 Å². The van der Waals surface area contributed by atoms with Crippen LogP contribution in [0.25, 0.3) is 0 Å². The van der Waals surface area contributed by atoms with Crippen LogP contribution in [0.4, 0.5) is 0 Å². The zero-order valence-electron chi connectivity index (χ0n) is 6.58. The minimum Gasteiger partial charge on any atom is -0.299 e. The molecule has 4 heteroatoms. The first-order valence-corrected chi connectivity index (χ1v) is 3.76. The number of hydrogen-bond acceptors (Lipinski definition) is 3. The number of hydrogen-bond donors (Lipinski definition) is 1. The van der Waals surface area contributed by atoms with E-state index in [4.69, 9.17) is 17.0 Å². The van der Waals surface area contributed by atoms with Crippen LogP contribution in [0.15, 0.2) is 29.7 Å². The second-order valence-corrected chi connectivity index (χ2v) is 2.83. The minimum absolute atomic E-state index is 0.274. The van der Waals surface area contributed by atoms with E-state index in [9.17, 15) is 0 Å². The van der Waals surface area contributed by atoms with Crippen molar-refractivity contribution >= 4 is 17.3 Å². The molecule has 0 spiro atoms. The Morgan fingerprint density at radius 2 is 2.33 bits per heavy atom. The predicted octanol–water partition coefficient (Wildman–Crippen LogP) is 1.99. The second kappa shape index (κ2) is 3.97. The van der Waals surface area contributed by atoms with Crippen molar-refractivity contribution in [2.45, 2.75) is 6.92 Å². The van der Waals surface area contributed by atoms with E-state index in [1.165, 1.54) is 12.3 Å². The van der Waals surface area contributed by atoms with Gasteiger partial charge in [0.25, 0.3) is 0 Å². The van der Waals surface area contributed by atoms with E-state index in [2.05, 4.69) is 9.97 Å². The third-order valence-electron chi connectivity index (χ3n) is 1.18. The summed E-state index contributed by atoms with van der Waals surface area (Å²) in [5.74, 6) is 0. The highest BCUT2D eigenvalue weighted by atomic mass is 35.5. The van der Waals surface area contributed by atoms with Crippen LogP contribution in [0.2, 0.25) is 0 Å². The lowest BCUT2D eigenvalue weighted by atomic mass is 10.2. The Balaban J connectivity index is 2.87. The first kappa shape index (κ1) is 8.87. The summed E-state index contributed by atoms with van der Waals surface area (Å²) in [7, 11) is 0. The van der Waals surface area contributed by atoms with Crippen LogP contribution in [-0.4, -0.2) is 15.7 Å².